The first kappa shape index (κ1) is 11.0. The molecule has 1 fully saturated rings. The van der Waals surface area contributed by atoms with Gasteiger partial charge in [0, 0.05) is 0 Å². The zero-order valence-electron chi connectivity index (χ0n) is 8.42. The predicted molar refractivity (Wildman–Crippen MR) is 52.5 cm³/mol. The number of aliphatic hydroxyl groups is 2. The van der Waals surface area contributed by atoms with Crippen LogP contribution in [0, 0.1) is 5.92 Å². The maximum absolute atomic E-state index is 9.13. The second-order valence-corrected chi connectivity index (χ2v) is 4.11. The van der Waals surface area contributed by atoms with Gasteiger partial charge in [0.15, 0.2) is 0 Å². The summed E-state index contributed by atoms with van der Waals surface area (Å²) in [5.74, 6) is 0.902. The van der Waals surface area contributed by atoms with Crippen molar-refractivity contribution >= 4 is 0 Å². The standard InChI is InChI=1S/C10H21NO2/c1-2-10(7-12,8-13)11-6-5-9-3-4-9/h9,11-13H,2-8H2,1H3. The molecular formula is C10H21NO2. The fraction of sp³-hybridized carbons (Fsp3) is 1.00. The van der Waals surface area contributed by atoms with Crippen LogP contribution >= 0.6 is 0 Å². The Morgan fingerprint density at radius 3 is 2.31 bits per heavy atom. The second kappa shape index (κ2) is 4.94. The Morgan fingerprint density at radius 2 is 1.92 bits per heavy atom. The van der Waals surface area contributed by atoms with Gasteiger partial charge in [-0.05, 0) is 25.3 Å². The number of rotatable bonds is 7. The van der Waals surface area contributed by atoms with E-state index in [-0.39, 0.29) is 13.2 Å². The normalized spacial score (nSPS) is 17.8. The van der Waals surface area contributed by atoms with Crippen LogP contribution in [-0.2, 0) is 0 Å². The highest BCUT2D eigenvalue weighted by Crippen LogP contribution is 2.31. The average molecular weight is 187 g/mol. The second-order valence-electron chi connectivity index (χ2n) is 4.11. The number of hydrogen-bond acceptors (Lipinski definition) is 3. The van der Waals surface area contributed by atoms with Crippen LogP contribution < -0.4 is 5.32 Å². The van der Waals surface area contributed by atoms with Crippen molar-refractivity contribution in [3.05, 3.63) is 0 Å². The Kier molecular flexibility index (Phi) is 4.16. The zero-order valence-corrected chi connectivity index (χ0v) is 8.42. The molecule has 3 N–H and O–H groups in total. The van der Waals surface area contributed by atoms with E-state index < -0.39 is 5.54 Å². The van der Waals surface area contributed by atoms with Crippen molar-refractivity contribution in [1.29, 1.82) is 0 Å². The van der Waals surface area contributed by atoms with Crippen molar-refractivity contribution in [2.75, 3.05) is 19.8 Å². The molecule has 0 aromatic heterocycles. The lowest BCUT2D eigenvalue weighted by Gasteiger charge is -2.29. The molecule has 3 heteroatoms. The fourth-order valence-electron chi connectivity index (χ4n) is 1.46. The lowest BCUT2D eigenvalue weighted by molar-refractivity contribution is 0.0874. The van der Waals surface area contributed by atoms with E-state index in [4.69, 9.17) is 10.2 Å². The van der Waals surface area contributed by atoms with E-state index in [1.807, 2.05) is 6.92 Å². The molecule has 0 aliphatic heterocycles. The van der Waals surface area contributed by atoms with E-state index in [0.29, 0.717) is 0 Å². The van der Waals surface area contributed by atoms with Crippen LogP contribution in [0.3, 0.4) is 0 Å². The molecule has 0 saturated heterocycles. The molecule has 0 atom stereocenters. The highest BCUT2D eigenvalue weighted by atomic mass is 16.3. The molecule has 0 radical (unpaired) electrons. The maximum Gasteiger partial charge on any atom is 0.0645 e. The third-order valence-corrected chi connectivity index (χ3v) is 3.03. The Balaban J connectivity index is 2.19. The van der Waals surface area contributed by atoms with Gasteiger partial charge in [0.2, 0.25) is 0 Å². The van der Waals surface area contributed by atoms with Gasteiger partial charge in [0.1, 0.15) is 0 Å². The summed E-state index contributed by atoms with van der Waals surface area (Å²) in [6.07, 6.45) is 4.67. The minimum absolute atomic E-state index is 0.0185. The summed E-state index contributed by atoms with van der Waals surface area (Å²) in [4.78, 5) is 0. The van der Waals surface area contributed by atoms with Crippen LogP contribution in [0.5, 0.6) is 0 Å². The van der Waals surface area contributed by atoms with Gasteiger partial charge in [-0.3, -0.25) is 0 Å². The van der Waals surface area contributed by atoms with Gasteiger partial charge in [-0.1, -0.05) is 19.8 Å². The molecule has 1 aliphatic carbocycles. The number of hydrogen-bond donors (Lipinski definition) is 3. The first-order valence-corrected chi connectivity index (χ1v) is 5.23. The van der Waals surface area contributed by atoms with E-state index in [9.17, 15) is 0 Å². The summed E-state index contributed by atoms with van der Waals surface area (Å²) >= 11 is 0. The molecule has 3 nitrogen and oxygen atoms in total. The predicted octanol–water partition coefficient (Wildman–Crippen LogP) is 0.509. The van der Waals surface area contributed by atoms with E-state index in [2.05, 4.69) is 5.32 Å². The molecule has 78 valence electrons. The lowest BCUT2D eigenvalue weighted by Crippen LogP contribution is -2.51. The molecule has 0 unspecified atom stereocenters. The first-order valence-electron chi connectivity index (χ1n) is 5.23. The molecule has 13 heavy (non-hydrogen) atoms. The molecule has 0 aromatic carbocycles. The van der Waals surface area contributed by atoms with Crippen LogP contribution in [0.4, 0.5) is 0 Å². The third-order valence-electron chi connectivity index (χ3n) is 3.03. The van der Waals surface area contributed by atoms with Gasteiger partial charge in [0.25, 0.3) is 0 Å². The minimum Gasteiger partial charge on any atom is -0.394 e. The number of aliphatic hydroxyl groups excluding tert-OH is 2. The van der Waals surface area contributed by atoms with Crippen molar-refractivity contribution in [2.45, 2.75) is 38.1 Å². The Morgan fingerprint density at radius 1 is 1.31 bits per heavy atom. The first-order chi connectivity index (χ1) is 6.26. The van der Waals surface area contributed by atoms with Crippen molar-refractivity contribution < 1.29 is 10.2 Å². The maximum atomic E-state index is 9.13. The molecule has 1 rings (SSSR count). The summed E-state index contributed by atoms with van der Waals surface area (Å²) < 4.78 is 0. The van der Waals surface area contributed by atoms with Gasteiger partial charge in [-0.2, -0.15) is 0 Å². The van der Waals surface area contributed by atoms with Crippen molar-refractivity contribution in [1.82, 2.24) is 5.32 Å². The largest absolute Gasteiger partial charge is 0.394 e. The van der Waals surface area contributed by atoms with Crippen molar-refractivity contribution in [3.8, 4) is 0 Å². The molecule has 0 amide bonds. The van der Waals surface area contributed by atoms with E-state index in [0.717, 1.165) is 18.9 Å². The van der Waals surface area contributed by atoms with Crippen LogP contribution in [-0.4, -0.2) is 35.5 Å². The van der Waals surface area contributed by atoms with Crippen molar-refractivity contribution in [2.24, 2.45) is 5.92 Å². The van der Waals surface area contributed by atoms with E-state index in [1.165, 1.54) is 19.3 Å². The summed E-state index contributed by atoms with van der Waals surface area (Å²) in [6, 6.07) is 0. The van der Waals surface area contributed by atoms with Crippen LogP contribution in [0.15, 0.2) is 0 Å². The molecule has 0 heterocycles. The van der Waals surface area contributed by atoms with Crippen LogP contribution in [0.1, 0.15) is 32.6 Å². The number of nitrogens with one attached hydrogen (secondary N) is 1. The highest BCUT2D eigenvalue weighted by molar-refractivity contribution is 4.86. The van der Waals surface area contributed by atoms with Crippen LogP contribution in [0.25, 0.3) is 0 Å². The summed E-state index contributed by atoms with van der Waals surface area (Å²) in [5.41, 5.74) is -0.450. The van der Waals surface area contributed by atoms with Gasteiger partial charge in [-0.25, -0.2) is 0 Å². The monoisotopic (exact) mass is 187 g/mol. The molecule has 0 bridgehead atoms. The summed E-state index contributed by atoms with van der Waals surface area (Å²) in [7, 11) is 0. The fourth-order valence-corrected chi connectivity index (χ4v) is 1.46. The Labute approximate surface area is 80.2 Å². The van der Waals surface area contributed by atoms with E-state index >= 15 is 0 Å². The van der Waals surface area contributed by atoms with Gasteiger partial charge in [-0.15, -0.1) is 0 Å². The molecule has 0 spiro atoms. The molecular weight excluding hydrogens is 166 g/mol. The quantitative estimate of drug-likeness (QED) is 0.544. The highest BCUT2D eigenvalue weighted by Gasteiger charge is 2.27. The molecule has 1 saturated carbocycles. The van der Waals surface area contributed by atoms with Gasteiger partial charge in [0.05, 0.1) is 18.8 Å². The zero-order chi connectivity index (χ0) is 9.73. The van der Waals surface area contributed by atoms with Crippen LogP contribution in [0.2, 0.25) is 0 Å². The lowest BCUT2D eigenvalue weighted by atomic mass is 9.98. The Hall–Kier alpha value is -0.120. The molecule has 0 aromatic rings. The SMILES string of the molecule is CCC(CO)(CO)NCCC1CC1. The van der Waals surface area contributed by atoms with Crippen molar-refractivity contribution in [3.63, 3.8) is 0 Å². The summed E-state index contributed by atoms with van der Waals surface area (Å²) in [5, 5.41) is 21.5. The molecule has 1 aliphatic rings. The van der Waals surface area contributed by atoms with Gasteiger partial charge < -0.3 is 15.5 Å². The van der Waals surface area contributed by atoms with E-state index in [1.54, 1.807) is 0 Å². The topological polar surface area (TPSA) is 52.5 Å². The average Bonchev–Trinajstić information content (AvgIpc) is 2.97. The Bertz CT molecular complexity index is 134. The van der Waals surface area contributed by atoms with Gasteiger partial charge >= 0.3 is 0 Å². The third kappa shape index (κ3) is 3.25. The minimum atomic E-state index is -0.450. The smallest absolute Gasteiger partial charge is 0.0645 e. The summed E-state index contributed by atoms with van der Waals surface area (Å²) in [6.45, 7) is 2.94.